The van der Waals surface area contributed by atoms with Crippen molar-refractivity contribution in [1.29, 1.82) is 0 Å². The van der Waals surface area contributed by atoms with Gasteiger partial charge in [0.25, 0.3) is 0 Å². The second-order valence-electron chi connectivity index (χ2n) is 3.29. The molecular formula is C10H22MnO6+2. The monoisotopic (exact) mass is 293 g/mol. The number of hydrogen-bond acceptors (Lipinski definition) is 2. The Bertz CT molecular complexity index is 199. The van der Waals surface area contributed by atoms with Crippen LogP contribution in [0, 0.1) is 0 Å². The Morgan fingerprint density at radius 2 is 0.706 bits per heavy atom. The predicted molar refractivity (Wildman–Crippen MR) is 63.6 cm³/mol. The van der Waals surface area contributed by atoms with Gasteiger partial charge in [0.05, 0.1) is 0 Å². The average molecular weight is 293 g/mol. The third-order valence-electron chi connectivity index (χ3n) is 1.02. The van der Waals surface area contributed by atoms with E-state index < -0.39 is 0 Å². The Morgan fingerprint density at radius 1 is 0.588 bits per heavy atom. The van der Waals surface area contributed by atoms with E-state index in [1.807, 2.05) is 0 Å². The van der Waals surface area contributed by atoms with Crippen molar-refractivity contribution >= 4 is 23.1 Å². The molecule has 0 fully saturated rings. The fourth-order valence-electron chi connectivity index (χ4n) is 0.740. The maximum atomic E-state index is 8.46. The van der Waals surface area contributed by atoms with Gasteiger partial charge in [0.15, 0.2) is 12.8 Å². The van der Waals surface area contributed by atoms with Gasteiger partial charge in [0.1, 0.15) is 0 Å². The number of ketones is 4. The fraction of sp³-hybridized carbons (Fsp3) is 0.600. The molecule has 0 aromatic carbocycles. The quantitative estimate of drug-likeness (QED) is 0.425. The van der Waals surface area contributed by atoms with Gasteiger partial charge in [-0.3, -0.25) is 19.2 Å². The van der Waals surface area contributed by atoms with Gasteiger partial charge in [0.2, 0.25) is 0 Å². The zero-order chi connectivity index (χ0) is 11.7. The van der Waals surface area contributed by atoms with Crippen molar-refractivity contribution in [3.8, 4) is 0 Å². The third-order valence-corrected chi connectivity index (χ3v) is 1.02. The summed E-state index contributed by atoms with van der Waals surface area (Å²) in [4.78, 5) is 33.8. The van der Waals surface area contributed by atoms with Crippen LogP contribution >= 0.6 is 0 Å². The van der Waals surface area contributed by atoms with Gasteiger partial charge in [0, 0.05) is 44.8 Å². The Morgan fingerprint density at radius 3 is 0.706 bits per heavy atom. The minimum Gasteiger partial charge on any atom is -0.870 e. The first-order chi connectivity index (χ1) is 6.25. The van der Waals surface area contributed by atoms with Crippen molar-refractivity contribution in [2.24, 2.45) is 0 Å². The molecule has 0 saturated heterocycles. The third kappa shape index (κ3) is 51.3. The van der Waals surface area contributed by atoms with Gasteiger partial charge in [-0.1, -0.05) is 0 Å². The molecule has 0 aromatic rings. The smallest absolute Gasteiger partial charge is 0.302 e. The van der Waals surface area contributed by atoms with E-state index in [2.05, 4.69) is 0 Å². The fourth-order valence-corrected chi connectivity index (χ4v) is 0.740. The van der Waals surface area contributed by atoms with Crippen molar-refractivity contribution in [3.05, 3.63) is 0 Å². The van der Waals surface area contributed by atoms with E-state index in [0.717, 1.165) is 0 Å². The van der Waals surface area contributed by atoms with Crippen LogP contribution in [0.3, 0.4) is 0 Å². The molecule has 0 rings (SSSR count). The summed E-state index contributed by atoms with van der Waals surface area (Å²) < 4.78 is 0. The second kappa shape index (κ2) is 17.5. The summed E-state index contributed by atoms with van der Waals surface area (Å²) in [5.41, 5.74) is 0. The molecule has 0 unspecified atom stereocenters. The molecule has 6 nitrogen and oxygen atoms in total. The Hall–Kier alpha value is -0.881. The van der Waals surface area contributed by atoms with Gasteiger partial charge in [-0.05, 0) is 0 Å². The molecule has 0 heterocycles. The molecule has 0 saturated carbocycles. The van der Waals surface area contributed by atoms with Crippen LogP contribution in [0.15, 0.2) is 0 Å². The topological polar surface area (TPSA) is 146 Å². The van der Waals surface area contributed by atoms with E-state index in [-0.39, 0.29) is 51.2 Å². The van der Waals surface area contributed by atoms with Gasteiger partial charge in [-0.2, -0.15) is 0 Å². The Kier molecular flexibility index (Phi) is 30.7. The van der Waals surface area contributed by atoms with Crippen molar-refractivity contribution in [2.45, 2.75) is 40.5 Å². The SMILES string of the molecule is CC(=[OH+])CC(C)=[OH+].CC(=[OH+])CC(C)=[OH+].[Mn].[OH-].[OH-]. The summed E-state index contributed by atoms with van der Waals surface area (Å²) in [7, 11) is 0. The molecule has 103 valence electrons. The maximum Gasteiger partial charge on any atom is 0.302 e. The van der Waals surface area contributed by atoms with Crippen molar-refractivity contribution in [2.75, 3.05) is 0 Å². The summed E-state index contributed by atoms with van der Waals surface area (Å²) in [6.07, 6.45) is 0.611. The minimum atomic E-state index is 0. The van der Waals surface area contributed by atoms with Crippen LogP contribution in [0.25, 0.3) is 0 Å². The van der Waals surface area contributed by atoms with E-state index in [0.29, 0.717) is 12.8 Å². The first-order valence-electron chi connectivity index (χ1n) is 4.31. The molecule has 0 atom stereocenters. The van der Waals surface area contributed by atoms with Crippen molar-refractivity contribution in [3.63, 3.8) is 0 Å². The summed E-state index contributed by atoms with van der Waals surface area (Å²) in [6, 6.07) is 0. The van der Waals surface area contributed by atoms with Gasteiger partial charge in [-0.25, -0.2) is 0 Å². The first-order valence-corrected chi connectivity index (χ1v) is 4.31. The Labute approximate surface area is 111 Å². The summed E-state index contributed by atoms with van der Waals surface area (Å²) in [5, 5.41) is 0. The van der Waals surface area contributed by atoms with Crippen LogP contribution < -0.4 is 0 Å². The number of rotatable bonds is 4. The first kappa shape index (κ1) is 29.8. The summed E-state index contributed by atoms with van der Waals surface area (Å²) >= 11 is 0. The minimum absolute atomic E-state index is 0. The zero-order valence-corrected chi connectivity index (χ0v) is 11.7. The van der Waals surface area contributed by atoms with Crippen molar-refractivity contribution in [1.82, 2.24) is 0 Å². The van der Waals surface area contributed by atoms with Crippen LogP contribution in [-0.2, 0) is 17.1 Å². The van der Waals surface area contributed by atoms with E-state index >= 15 is 0 Å². The molecule has 0 spiro atoms. The van der Waals surface area contributed by atoms with E-state index in [4.69, 9.17) is 19.2 Å². The molecule has 0 amide bonds. The normalized spacial score (nSPS) is 6.82. The molecule has 0 aliphatic rings. The molecule has 6 N–H and O–H groups in total. The van der Waals surface area contributed by atoms with Crippen LogP contribution in [-0.4, -0.2) is 53.3 Å². The number of hydrogen-bond donors (Lipinski definition) is 0. The molecule has 17 heavy (non-hydrogen) atoms. The largest absolute Gasteiger partial charge is 0.870 e. The molecule has 0 aromatic heterocycles. The number of carbonyl (C=O) groups excluding carboxylic acids is 4. The molecule has 0 aliphatic carbocycles. The summed E-state index contributed by atoms with van der Waals surface area (Å²) in [6.45, 7) is 6.22. The van der Waals surface area contributed by atoms with E-state index in [1.54, 1.807) is 27.7 Å². The molecular weight excluding hydrogens is 271 g/mol. The molecule has 0 aliphatic heterocycles. The zero-order valence-electron chi connectivity index (χ0n) is 10.5. The molecule has 7 heteroatoms. The van der Waals surface area contributed by atoms with E-state index in [1.165, 1.54) is 0 Å². The average Bonchev–Trinajstić information content (AvgIpc) is 1.79. The Balaban J connectivity index is -0.0000000480. The van der Waals surface area contributed by atoms with Gasteiger partial charge < -0.3 is 11.0 Å². The van der Waals surface area contributed by atoms with Crippen molar-refractivity contribution < 1.29 is 47.2 Å². The molecule has 0 bridgehead atoms. The van der Waals surface area contributed by atoms with Gasteiger partial charge >= 0.3 is 23.1 Å². The standard InChI is InChI=1S/2C5H8O2.Mn.2H2O/c2*1-4(6)3-5(2)7;;;/h2*3H2,1-2H3;;2*1H2/p+2. The molecule has 1 radical (unpaired) electrons. The van der Waals surface area contributed by atoms with Crippen LogP contribution in [0.2, 0.25) is 0 Å². The van der Waals surface area contributed by atoms with Crippen LogP contribution in [0.4, 0.5) is 0 Å². The van der Waals surface area contributed by atoms with E-state index in [9.17, 15) is 0 Å². The van der Waals surface area contributed by atoms with Crippen LogP contribution in [0.5, 0.6) is 0 Å². The van der Waals surface area contributed by atoms with Gasteiger partial charge in [-0.15, -0.1) is 0 Å². The summed E-state index contributed by atoms with van der Waals surface area (Å²) in [5.74, 6) is 1.00. The predicted octanol–water partition coefficient (Wildman–Crippen LogP) is 0.656. The van der Waals surface area contributed by atoms with Crippen LogP contribution in [0.1, 0.15) is 40.5 Å². The second-order valence-corrected chi connectivity index (χ2v) is 3.29. The maximum absolute atomic E-state index is 8.46.